The monoisotopic (exact) mass is 530 g/mol. The Bertz CT molecular complexity index is 324. The van der Waals surface area contributed by atoms with Crippen molar-refractivity contribution in [3.05, 3.63) is 61.3 Å². The largest absolute Gasteiger partial charge is 0.394 e. The molecule has 20 nitrogen and oxygen atoms in total. The van der Waals surface area contributed by atoms with Gasteiger partial charge in [-0.15, -0.1) is 0 Å². The molecule has 0 heterocycles. The molecule has 0 saturated heterocycles. The van der Waals surface area contributed by atoms with Crippen molar-refractivity contribution in [2.24, 2.45) is 0 Å². The van der Waals surface area contributed by atoms with Gasteiger partial charge in [-0.3, -0.25) is 9.11 Å². The van der Waals surface area contributed by atoms with Gasteiger partial charge in [0.25, 0.3) is 0 Å². The number of hydrogen-bond donors (Lipinski definition) is 2. The maximum Gasteiger partial charge on any atom is 0.394 e. The minimum Gasteiger partial charge on any atom is -0.356 e. The van der Waals surface area contributed by atoms with Crippen molar-refractivity contribution in [2.75, 3.05) is 0 Å². The van der Waals surface area contributed by atoms with E-state index in [-0.39, 0.29) is 21.1 Å². The van der Waals surface area contributed by atoms with Crippen molar-refractivity contribution in [1.29, 1.82) is 0 Å². The third-order valence-electron chi connectivity index (χ3n) is 0. The van der Waals surface area contributed by atoms with Gasteiger partial charge in [-0.1, -0.05) is 0 Å². The molecule has 0 atom stereocenters. The van der Waals surface area contributed by atoms with E-state index in [1.54, 1.807) is 0 Å². The van der Waals surface area contributed by atoms with Crippen LogP contribution in [0.3, 0.4) is 0 Å². The number of rotatable bonds is 0. The smallest absolute Gasteiger partial charge is 0.356 e. The van der Waals surface area contributed by atoms with Crippen LogP contribution in [0.25, 0.3) is 0 Å². The molecule has 0 bridgehead atoms. The second kappa shape index (κ2) is 23.5. The van der Waals surface area contributed by atoms with Crippen LogP contribution in [0.4, 0.5) is 0 Å². The van der Waals surface area contributed by atoms with Crippen LogP contribution >= 0.6 is 0 Å². The maximum absolute atomic E-state index is 8.74. The fourth-order valence-corrected chi connectivity index (χ4v) is 0. The molecular formula is H2N4O16SW-4. The average molecular weight is 530 g/mol. The third kappa shape index (κ3) is 666. The summed E-state index contributed by atoms with van der Waals surface area (Å²) >= 11 is 0. The van der Waals surface area contributed by atoms with Crippen molar-refractivity contribution in [3.8, 4) is 0 Å². The first kappa shape index (κ1) is 36.6. The van der Waals surface area contributed by atoms with Gasteiger partial charge in [0.15, 0.2) is 0 Å². The molecule has 0 amide bonds. The van der Waals surface area contributed by atoms with Gasteiger partial charge in [0.1, 0.15) is 0 Å². The molecule has 0 aromatic rings. The predicted molar refractivity (Wildman–Crippen MR) is 55.6 cm³/mol. The fourth-order valence-electron chi connectivity index (χ4n) is 0. The van der Waals surface area contributed by atoms with Gasteiger partial charge in [-0.2, -0.15) is 8.42 Å². The normalized spacial score (nSPS) is 7.00. The molecule has 0 radical (unpaired) electrons. The molecule has 0 aromatic heterocycles. The second-order valence-electron chi connectivity index (χ2n) is 1.34. The fraction of sp³-hybridized carbons (Fsp3) is 0. The minimum absolute atomic E-state index is 0. The van der Waals surface area contributed by atoms with Crippen LogP contribution in [0, 0.1) is 61.3 Å². The van der Waals surface area contributed by atoms with Gasteiger partial charge >= 0.3 is 10.4 Å². The molecule has 2 N–H and O–H groups in total. The number of nitrogens with zero attached hydrogens (tertiary/aromatic N) is 4. The van der Waals surface area contributed by atoms with E-state index in [0.29, 0.717) is 0 Å². The molecule has 0 spiro atoms. The van der Waals surface area contributed by atoms with Gasteiger partial charge in [0.2, 0.25) is 0 Å². The van der Waals surface area contributed by atoms with Gasteiger partial charge in [0, 0.05) is 21.1 Å². The summed E-state index contributed by atoms with van der Waals surface area (Å²) in [7, 11) is -4.67. The molecule has 0 aromatic carbocycles. The summed E-state index contributed by atoms with van der Waals surface area (Å²) in [6.07, 6.45) is 0. The molecule has 0 aliphatic heterocycles. The first-order valence-corrected chi connectivity index (χ1v) is 4.29. The zero-order chi connectivity index (χ0) is 18.8. The van der Waals surface area contributed by atoms with Crippen molar-refractivity contribution < 1.29 is 58.9 Å². The first-order chi connectivity index (χ1) is 8.93. The van der Waals surface area contributed by atoms with Crippen LogP contribution in [-0.4, -0.2) is 37.9 Å². The maximum atomic E-state index is 8.74. The zero-order valence-corrected chi connectivity index (χ0v) is 13.0. The van der Waals surface area contributed by atoms with Gasteiger partial charge in [-0.25, -0.2) is 0 Å². The second-order valence-corrected chi connectivity index (χ2v) is 2.24. The van der Waals surface area contributed by atoms with Crippen LogP contribution in [0.15, 0.2) is 0 Å². The van der Waals surface area contributed by atoms with E-state index < -0.39 is 30.7 Å². The van der Waals surface area contributed by atoms with Crippen LogP contribution in [0.5, 0.6) is 0 Å². The first-order valence-electron chi connectivity index (χ1n) is 2.89. The Morgan fingerprint density at radius 3 is 0.545 bits per heavy atom. The zero-order valence-electron chi connectivity index (χ0n) is 9.22. The van der Waals surface area contributed by atoms with Crippen LogP contribution in [-0.2, 0) is 31.5 Å². The molecule has 0 aliphatic carbocycles. The summed E-state index contributed by atoms with van der Waals surface area (Å²) in [5.74, 6) is 0. The Kier molecular flexibility index (Phi) is 39.0. The third-order valence-corrected chi connectivity index (χ3v) is 0. The van der Waals surface area contributed by atoms with E-state index in [9.17, 15) is 0 Å². The van der Waals surface area contributed by atoms with Gasteiger partial charge in [-0.05, 0) is 0 Å². The van der Waals surface area contributed by atoms with Crippen molar-refractivity contribution in [1.82, 2.24) is 0 Å². The Labute approximate surface area is 131 Å². The Morgan fingerprint density at radius 2 is 0.545 bits per heavy atom. The van der Waals surface area contributed by atoms with Gasteiger partial charge in [0.05, 0.1) is 20.3 Å². The van der Waals surface area contributed by atoms with Crippen LogP contribution < -0.4 is 0 Å². The molecule has 0 unspecified atom stereocenters. The molecule has 0 saturated carbocycles. The minimum atomic E-state index is -4.67. The Hall–Kier alpha value is -2.64. The van der Waals surface area contributed by atoms with Crippen molar-refractivity contribution >= 4 is 10.4 Å². The van der Waals surface area contributed by atoms with E-state index in [2.05, 4.69) is 0 Å². The van der Waals surface area contributed by atoms with Gasteiger partial charge < -0.3 is 61.3 Å². The predicted octanol–water partition coefficient (Wildman–Crippen LogP) is -1.61. The summed E-state index contributed by atoms with van der Waals surface area (Å²) in [6, 6.07) is 0. The molecule has 22 heteroatoms. The summed E-state index contributed by atoms with van der Waals surface area (Å²) in [4.78, 5) is 33.0. The standard InChI is InChI=1S/4NO3.H2O4S.W/c4*2-1(3)4;1-5(2,3)4;/h;;;;(H2,1,2,3,4);/q4*-1;;. The Balaban J connectivity index is -0.0000000361. The molecular weight excluding hydrogens is 528 g/mol. The topological polar surface area (TPSA) is 339 Å². The quantitative estimate of drug-likeness (QED) is 0.202. The molecule has 134 valence electrons. The molecule has 0 rings (SSSR count). The number of hydrogen-bond acceptors (Lipinski definition) is 14. The molecule has 22 heavy (non-hydrogen) atoms. The summed E-state index contributed by atoms with van der Waals surface area (Å²) in [6.45, 7) is 0. The van der Waals surface area contributed by atoms with E-state index in [1.807, 2.05) is 0 Å². The van der Waals surface area contributed by atoms with E-state index in [0.717, 1.165) is 0 Å². The average Bonchev–Trinajstić information content (AvgIpc) is 1.91. The van der Waals surface area contributed by atoms with Crippen molar-refractivity contribution in [2.45, 2.75) is 0 Å². The van der Waals surface area contributed by atoms with E-state index >= 15 is 0 Å². The van der Waals surface area contributed by atoms with E-state index in [4.69, 9.17) is 78.8 Å². The molecule has 0 fully saturated rings. The SMILES string of the molecule is O=S(=O)(O)O.O=[N+]([O-])[O-].O=[N+]([O-])[O-].O=[N+]([O-])[O-].O=[N+]([O-])[O-].[W]. The van der Waals surface area contributed by atoms with Crippen LogP contribution in [0.2, 0.25) is 0 Å². The van der Waals surface area contributed by atoms with E-state index in [1.165, 1.54) is 0 Å². The van der Waals surface area contributed by atoms with Crippen LogP contribution in [0.1, 0.15) is 0 Å². The summed E-state index contributed by atoms with van der Waals surface area (Å²) in [5, 5.41) is 59.0. The Morgan fingerprint density at radius 1 is 0.545 bits per heavy atom. The van der Waals surface area contributed by atoms with Crippen molar-refractivity contribution in [3.63, 3.8) is 0 Å². The molecule has 0 aliphatic rings. The summed E-state index contributed by atoms with van der Waals surface area (Å²) in [5.41, 5.74) is 0. The summed E-state index contributed by atoms with van der Waals surface area (Å²) < 4.78 is 31.6.